The zero-order valence-electron chi connectivity index (χ0n) is 8.56. The number of hydrogen-bond donors (Lipinski definition) is 1. The SMILES string of the molecule is Cl.Oc1ccc(CN2CCOCC2)cc1. The van der Waals surface area contributed by atoms with E-state index in [-0.39, 0.29) is 12.4 Å². The topological polar surface area (TPSA) is 32.7 Å². The zero-order chi connectivity index (χ0) is 9.80. The highest BCUT2D eigenvalue weighted by molar-refractivity contribution is 5.85. The third-order valence-electron chi connectivity index (χ3n) is 2.45. The van der Waals surface area contributed by atoms with Gasteiger partial charge in [0.05, 0.1) is 13.2 Å². The predicted molar refractivity (Wildman–Crippen MR) is 61.5 cm³/mol. The van der Waals surface area contributed by atoms with E-state index >= 15 is 0 Å². The third kappa shape index (κ3) is 3.70. The number of aromatic hydroxyl groups is 1. The van der Waals surface area contributed by atoms with Crippen molar-refractivity contribution < 1.29 is 9.84 Å². The van der Waals surface area contributed by atoms with Gasteiger partial charge in [0, 0.05) is 19.6 Å². The summed E-state index contributed by atoms with van der Waals surface area (Å²) >= 11 is 0. The maximum Gasteiger partial charge on any atom is 0.115 e. The molecule has 1 N–H and O–H groups in total. The van der Waals surface area contributed by atoms with Crippen LogP contribution in [-0.4, -0.2) is 36.3 Å². The van der Waals surface area contributed by atoms with Gasteiger partial charge < -0.3 is 9.84 Å². The van der Waals surface area contributed by atoms with Crippen molar-refractivity contribution in [2.24, 2.45) is 0 Å². The third-order valence-corrected chi connectivity index (χ3v) is 2.45. The van der Waals surface area contributed by atoms with E-state index in [0.717, 1.165) is 32.8 Å². The molecule has 3 nitrogen and oxygen atoms in total. The van der Waals surface area contributed by atoms with Gasteiger partial charge in [-0.2, -0.15) is 0 Å². The van der Waals surface area contributed by atoms with Crippen LogP contribution in [0.25, 0.3) is 0 Å². The second-order valence-electron chi connectivity index (χ2n) is 3.55. The van der Waals surface area contributed by atoms with E-state index in [0.29, 0.717) is 5.75 Å². The van der Waals surface area contributed by atoms with Crippen LogP contribution in [0.15, 0.2) is 24.3 Å². The average molecular weight is 230 g/mol. The quantitative estimate of drug-likeness (QED) is 0.837. The van der Waals surface area contributed by atoms with Crippen LogP contribution in [0.3, 0.4) is 0 Å². The van der Waals surface area contributed by atoms with Crippen molar-refractivity contribution in [3.05, 3.63) is 29.8 Å². The van der Waals surface area contributed by atoms with Gasteiger partial charge in [0.15, 0.2) is 0 Å². The van der Waals surface area contributed by atoms with Gasteiger partial charge in [-0.25, -0.2) is 0 Å². The van der Waals surface area contributed by atoms with E-state index in [9.17, 15) is 0 Å². The number of ether oxygens (including phenoxy) is 1. The lowest BCUT2D eigenvalue weighted by atomic mass is 10.2. The number of phenols is 1. The number of benzene rings is 1. The summed E-state index contributed by atoms with van der Waals surface area (Å²) in [6.07, 6.45) is 0. The van der Waals surface area contributed by atoms with Crippen molar-refractivity contribution in [3.63, 3.8) is 0 Å². The molecule has 0 spiro atoms. The molecule has 1 heterocycles. The molecular formula is C11H16ClNO2. The molecule has 0 bridgehead atoms. The minimum Gasteiger partial charge on any atom is -0.508 e. The number of hydrogen-bond acceptors (Lipinski definition) is 3. The van der Waals surface area contributed by atoms with Crippen molar-refractivity contribution >= 4 is 12.4 Å². The van der Waals surface area contributed by atoms with E-state index in [1.54, 1.807) is 12.1 Å². The first kappa shape index (κ1) is 12.3. The lowest BCUT2D eigenvalue weighted by molar-refractivity contribution is 0.0342. The first-order valence-corrected chi connectivity index (χ1v) is 4.92. The van der Waals surface area contributed by atoms with E-state index in [2.05, 4.69) is 4.90 Å². The van der Waals surface area contributed by atoms with Gasteiger partial charge in [0.1, 0.15) is 5.75 Å². The molecule has 0 saturated carbocycles. The number of morpholine rings is 1. The van der Waals surface area contributed by atoms with Crippen LogP contribution in [0.5, 0.6) is 5.75 Å². The second kappa shape index (κ2) is 5.95. The summed E-state index contributed by atoms with van der Waals surface area (Å²) in [5, 5.41) is 9.13. The van der Waals surface area contributed by atoms with Crippen molar-refractivity contribution in [1.29, 1.82) is 0 Å². The molecule has 1 aromatic carbocycles. The average Bonchev–Trinajstić information content (AvgIpc) is 2.23. The van der Waals surface area contributed by atoms with Gasteiger partial charge in [-0.3, -0.25) is 4.90 Å². The fourth-order valence-electron chi connectivity index (χ4n) is 1.62. The highest BCUT2D eigenvalue weighted by Gasteiger charge is 2.10. The Morgan fingerprint density at radius 2 is 1.73 bits per heavy atom. The molecule has 1 aromatic rings. The van der Waals surface area contributed by atoms with Crippen LogP contribution in [0.2, 0.25) is 0 Å². The van der Waals surface area contributed by atoms with Gasteiger partial charge >= 0.3 is 0 Å². The van der Waals surface area contributed by atoms with Gasteiger partial charge in [-0.1, -0.05) is 12.1 Å². The van der Waals surface area contributed by atoms with E-state index in [1.807, 2.05) is 12.1 Å². The summed E-state index contributed by atoms with van der Waals surface area (Å²) in [4.78, 5) is 2.36. The Hall–Kier alpha value is -0.770. The lowest BCUT2D eigenvalue weighted by Gasteiger charge is -2.26. The summed E-state index contributed by atoms with van der Waals surface area (Å²) < 4.78 is 5.27. The molecule has 1 saturated heterocycles. The molecule has 0 radical (unpaired) electrons. The molecule has 15 heavy (non-hydrogen) atoms. The molecule has 0 aliphatic carbocycles. The number of halogens is 1. The van der Waals surface area contributed by atoms with Crippen LogP contribution in [0, 0.1) is 0 Å². The van der Waals surface area contributed by atoms with Crippen LogP contribution in [-0.2, 0) is 11.3 Å². The predicted octanol–water partition coefficient (Wildman–Crippen LogP) is 1.65. The first-order chi connectivity index (χ1) is 6.84. The molecule has 4 heteroatoms. The Kier molecular flexibility index (Phi) is 4.88. The zero-order valence-corrected chi connectivity index (χ0v) is 9.37. The smallest absolute Gasteiger partial charge is 0.115 e. The van der Waals surface area contributed by atoms with Gasteiger partial charge in [-0.05, 0) is 17.7 Å². The molecular weight excluding hydrogens is 214 g/mol. The van der Waals surface area contributed by atoms with Crippen LogP contribution in [0.1, 0.15) is 5.56 Å². The van der Waals surface area contributed by atoms with Crippen LogP contribution >= 0.6 is 12.4 Å². The fourth-order valence-corrected chi connectivity index (χ4v) is 1.62. The number of phenolic OH excluding ortho intramolecular Hbond substituents is 1. The Morgan fingerprint density at radius 1 is 1.13 bits per heavy atom. The molecule has 1 aliphatic rings. The summed E-state index contributed by atoms with van der Waals surface area (Å²) in [6, 6.07) is 7.39. The first-order valence-electron chi connectivity index (χ1n) is 4.92. The normalized spacial score (nSPS) is 17.1. The standard InChI is InChI=1S/C11H15NO2.ClH/c13-11-3-1-10(2-4-11)9-12-5-7-14-8-6-12;/h1-4,13H,5-9H2;1H. The largest absolute Gasteiger partial charge is 0.508 e. The van der Waals surface area contributed by atoms with Crippen molar-refractivity contribution in [3.8, 4) is 5.75 Å². The summed E-state index contributed by atoms with van der Waals surface area (Å²) in [5.74, 6) is 0.329. The fraction of sp³-hybridized carbons (Fsp3) is 0.455. The molecule has 84 valence electrons. The molecule has 1 aliphatic heterocycles. The molecule has 0 unspecified atom stereocenters. The maximum absolute atomic E-state index is 9.13. The Balaban J connectivity index is 0.00000112. The highest BCUT2D eigenvalue weighted by Crippen LogP contribution is 2.12. The monoisotopic (exact) mass is 229 g/mol. The van der Waals surface area contributed by atoms with E-state index in [4.69, 9.17) is 9.84 Å². The number of nitrogens with zero attached hydrogens (tertiary/aromatic N) is 1. The molecule has 2 rings (SSSR count). The Labute approximate surface area is 96.1 Å². The Bertz CT molecular complexity index is 283. The van der Waals surface area contributed by atoms with E-state index < -0.39 is 0 Å². The highest BCUT2D eigenvalue weighted by atomic mass is 35.5. The second-order valence-corrected chi connectivity index (χ2v) is 3.55. The maximum atomic E-state index is 9.13. The molecule has 0 atom stereocenters. The summed E-state index contributed by atoms with van der Waals surface area (Å²) in [7, 11) is 0. The Morgan fingerprint density at radius 3 is 2.33 bits per heavy atom. The van der Waals surface area contributed by atoms with Crippen LogP contribution < -0.4 is 0 Å². The van der Waals surface area contributed by atoms with Gasteiger partial charge in [0.25, 0.3) is 0 Å². The van der Waals surface area contributed by atoms with Gasteiger partial charge in [-0.15, -0.1) is 12.4 Å². The van der Waals surface area contributed by atoms with Gasteiger partial charge in [0.2, 0.25) is 0 Å². The van der Waals surface area contributed by atoms with Crippen molar-refractivity contribution in [1.82, 2.24) is 4.90 Å². The van der Waals surface area contributed by atoms with Crippen molar-refractivity contribution in [2.45, 2.75) is 6.54 Å². The van der Waals surface area contributed by atoms with Crippen molar-refractivity contribution in [2.75, 3.05) is 26.3 Å². The van der Waals surface area contributed by atoms with E-state index in [1.165, 1.54) is 5.56 Å². The molecule has 0 aromatic heterocycles. The number of rotatable bonds is 2. The lowest BCUT2D eigenvalue weighted by Crippen LogP contribution is -2.35. The molecule has 1 fully saturated rings. The molecule has 0 amide bonds. The summed E-state index contributed by atoms with van der Waals surface area (Å²) in [5.41, 5.74) is 1.24. The minimum absolute atomic E-state index is 0. The minimum atomic E-state index is 0. The van der Waals surface area contributed by atoms with Crippen LogP contribution in [0.4, 0.5) is 0 Å². The summed E-state index contributed by atoms with van der Waals surface area (Å²) in [6.45, 7) is 4.61.